The van der Waals surface area contributed by atoms with E-state index in [-0.39, 0.29) is 12.5 Å². The van der Waals surface area contributed by atoms with Crippen LogP contribution in [-0.2, 0) is 0 Å². The van der Waals surface area contributed by atoms with E-state index in [1.807, 2.05) is 42.5 Å². The normalized spacial score (nSPS) is 21.3. The van der Waals surface area contributed by atoms with Crippen molar-refractivity contribution in [3.63, 3.8) is 0 Å². The number of benzene rings is 1. The highest BCUT2D eigenvalue weighted by molar-refractivity contribution is 5.94. The smallest absolute Gasteiger partial charge is 0.253 e. The van der Waals surface area contributed by atoms with E-state index in [0.717, 1.165) is 48.6 Å². The van der Waals surface area contributed by atoms with Crippen molar-refractivity contribution >= 4 is 28.3 Å². The van der Waals surface area contributed by atoms with Gasteiger partial charge in [0.05, 0.1) is 17.7 Å². The number of amides is 1. The van der Waals surface area contributed by atoms with Crippen molar-refractivity contribution in [1.82, 2.24) is 19.8 Å². The maximum absolute atomic E-state index is 13.1. The van der Waals surface area contributed by atoms with Gasteiger partial charge in [0.15, 0.2) is 0 Å². The third-order valence-corrected chi connectivity index (χ3v) is 7.01. The number of piperazine rings is 1. The summed E-state index contributed by atoms with van der Waals surface area (Å²) < 4.78 is 0. The fourth-order valence-corrected chi connectivity index (χ4v) is 5.02. The lowest BCUT2D eigenvalue weighted by Gasteiger charge is -2.34. The summed E-state index contributed by atoms with van der Waals surface area (Å²) in [5.74, 6) is -0.0761. The number of hydrogen-bond acceptors (Lipinski definition) is 7. The Labute approximate surface area is 200 Å². The molecule has 2 aromatic heterocycles. The lowest BCUT2D eigenvalue weighted by Crippen LogP contribution is -2.46. The molecule has 2 fully saturated rings. The van der Waals surface area contributed by atoms with Gasteiger partial charge in [0, 0.05) is 70.0 Å². The molecule has 1 aromatic carbocycles. The predicted octanol–water partition coefficient (Wildman–Crippen LogP) is 2.09. The molecule has 0 saturated carbocycles. The van der Waals surface area contributed by atoms with E-state index < -0.39 is 5.60 Å². The number of carbonyl (C=O) groups excluding carboxylic acids is 1. The second-order valence-corrected chi connectivity index (χ2v) is 9.60. The van der Waals surface area contributed by atoms with Gasteiger partial charge in [-0.2, -0.15) is 0 Å². The zero-order valence-electron chi connectivity index (χ0n) is 19.9. The Balaban J connectivity index is 1.23. The Morgan fingerprint density at radius 2 is 1.76 bits per heavy atom. The number of aliphatic hydroxyl groups is 1. The molecule has 8 nitrogen and oxygen atoms in total. The Morgan fingerprint density at radius 3 is 2.53 bits per heavy atom. The summed E-state index contributed by atoms with van der Waals surface area (Å²) in [6.45, 7) is 5.51. The van der Waals surface area contributed by atoms with Crippen LogP contribution < -0.4 is 9.80 Å². The van der Waals surface area contributed by atoms with Crippen LogP contribution in [0.2, 0.25) is 0 Å². The van der Waals surface area contributed by atoms with E-state index >= 15 is 0 Å². The summed E-state index contributed by atoms with van der Waals surface area (Å²) in [5.41, 5.74) is 3.45. The third-order valence-electron chi connectivity index (χ3n) is 7.01. The Bertz CT molecular complexity index is 1160. The quantitative estimate of drug-likeness (QED) is 0.625. The Morgan fingerprint density at radius 1 is 1.00 bits per heavy atom. The SMILES string of the molecule is CN1CCN(c2ccc(C(=O)N(C)C[C@]3(O)CCN(c4ccnc5cccnc45)C3)cc2)CC1. The average Bonchev–Trinajstić information content (AvgIpc) is 3.25. The predicted molar refractivity (Wildman–Crippen MR) is 134 cm³/mol. The largest absolute Gasteiger partial charge is 0.386 e. The first-order valence-electron chi connectivity index (χ1n) is 11.9. The average molecular weight is 461 g/mol. The van der Waals surface area contributed by atoms with E-state index in [0.29, 0.717) is 25.1 Å². The number of fused-ring (bicyclic) bond motifs is 1. The van der Waals surface area contributed by atoms with Crippen LogP contribution in [0.3, 0.4) is 0 Å². The van der Waals surface area contributed by atoms with Gasteiger partial charge in [-0.05, 0) is 55.9 Å². The molecule has 8 heteroatoms. The van der Waals surface area contributed by atoms with Gasteiger partial charge >= 0.3 is 0 Å². The number of carbonyl (C=O) groups is 1. The fourth-order valence-electron chi connectivity index (χ4n) is 5.02. The van der Waals surface area contributed by atoms with Crippen LogP contribution in [0.5, 0.6) is 0 Å². The lowest BCUT2D eigenvalue weighted by molar-refractivity contribution is 0.0264. The number of anilines is 2. The van der Waals surface area contributed by atoms with Gasteiger partial charge in [-0.15, -0.1) is 0 Å². The number of nitrogens with zero attached hydrogens (tertiary/aromatic N) is 6. The van der Waals surface area contributed by atoms with Crippen LogP contribution in [0.25, 0.3) is 11.0 Å². The number of hydrogen-bond donors (Lipinski definition) is 1. The molecule has 4 heterocycles. The molecule has 1 amide bonds. The molecule has 0 spiro atoms. The van der Waals surface area contributed by atoms with Gasteiger partial charge in [0.2, 0.25) is 0 Å². The summed E-state index contributed by atoms with van der Waals surface area (Å²) in [5, 5.41) is 11.3. The number of aromatic nitrogens is 2. The van der Waals surface area contributed by atoms with Gasteiger partial charge < -0.3 is 24.7 Å². The molecule has 0 aliphatic carbocycles. The Hall–Kier alpha value is -3.23. The molecule has 0 bridgehead atoms. The highest BCUT2D eigenvalue weighted by Crippen LogP contribution is 2.31. The molecular formula is C26H32N6O2. The molecule has 2 aliphatic heterocycles. The monoisotopic (exact) mass is 460 g/mol. The number of pyridine rings is 2. The van der Waals surface area contributed by atoms with Gasteiger partial charge in [-0.1, -0.05) is 0 Å². The molecule has 0 unspecified atom stereocenters. The lowest BCUT2D eigenvalue weighted by atomic mass is 10.0. The highest BCUT2D eigenvalue weighted by atomic mass is 16.3. The second-order valence-electron chi connectivity index (χ2n) is 9.60. The van der Waals surface area contributed by atoms with E-state index in [4.69, 9.17) is 0 Å². The van der Waals surface area contributed by atoms with Gasteiger partial charge in [-0.25, -0.2) is 0 Å². The molecule has 5 rings (SSSR count). The number of rotatable bonds is 5. The maximum atomic E-state index is 13.1. The second kappa shape index (κ2) is 9.19. The van der Waals surface area contributed by atoms with Crippen LogP contribution in [-0.4, -0.2) is 96.3 Å². The van der Waals surface area contributed by atoms with Crippen molar-refractivity contribution in [3.05, 3.63) is 60.4 Å². The van der Waals surface area contributed by atoms with E-state index in [1.165, 1.54) is 0 Å². The summed E-state index contributed by atoms with van der Waals surface area (Å²) in [4.78, 5) is 30.4. The number of β-amino-alcohol motifs (C(OH)–C–C–N with tert-alkyl or cyclic N) is 1. The molecule has 34 heavy (non-hydrogen) atoms. The van der Waals surface area contributed by atoms with Crippen LogP contribution in [0.4, 0.5) is 11.4 Å². The molecule has 178 valence electrons. The molecule has 3 aromatic rings. The first kappa shape index (κ1) is 22.6. The zero-order valence-corrected chi connectivity index (χ0v) is 19.9. The maximum Gasteiger partial charge on any atom is 0.253 e. The van der Waals surface area contributed by atoms with Gasteiger partial charge in [0.25, 0.3) is 5.91 Å². The Kier molecular flexibility index (Phi) is 6.10. The van der Waals surface area contributed by atoms with Crippen molar-refractivity contribution < 1.29 is 9.90 Å². The first-order valence-corrected chi connectivity index (χ1v) is 11.9. The molecule has 2 aliphatic rings. The number of likely N-dealkylation sites (N-methyl/N-ethyl adjacent to an activating group) is 2. The van der Waals surface area contributed by atoms with Crippen molar-refractivity contribution in [2.75, 3.05) is 69.7 Å². The third kappa shape index (κ3) is 4.56. The molecular weight excluding hydrogens is 428 g/mol. The van der Waals surface area contributed by atoms with E-state index in [1.54, 1.807) is 24.3 Å². The van der Waals surface area contributed by atoms with Crippen LogP contribution >= 0.6 is 0 Å². The van der Waals surface area contributed by atoms with E-state index in [9.17, 15) is 9.90 Å². The van der Waals surface area contributed by atoms with Gasteiger partial charge in [-0.3, -0.25) is 14.8 Å². The van der Waals surface area contributed by atoms with Crippen molar-refractivity contribution in [2.45, 2.75) is 12.0 Å². The van der Waals surface area contributed by atoms with Crippen molar-refractivity contribution in [2.24, 2.45) is 0 Å². The minimum absolute atomic E-state index is 0.0761. The summed E-state index contributed by atoms with van der Waals surface area (Å²) in [6.07, 6.45) is 4.12. The van der Waals surface area contributed by atoms with Gasteiger partial charge in [0.1, 0.15) is 11.1 Å². The molecule has 1 N–H and O–H groups in total. The van der Waals surface area contributed by atoms with Crippen LogP contribution in [0, 0.1) is 0 Å². The summed E-state index contributed by atoms with van der Waals surface area (Å²) in [7, 11) is 3.91. The topological polar surface area (TPSA) is 76.0 Å². The standard InChI is InChI=1S/C26H32N6O2/c1-29-14-16-31(17-15-29)21-7-5-20(6-8-21)25(33)30(2)18-26(34)10-13-32(19-26)23-9-12-27-22-4-3-11-28-24(22)23/h3-9,11-12,34H,10,13-19H2,1-2H3/t26-/m1/s1. The van der Waals surface area contributed by atoms with Crippen molar-refractivity contribution in [1.29, 1.82) is 0 Å². The minimum Gasteiger partial charge on any atom is -0.386 e. The molecule has 2 saturated heterocycles. The molecule has 0 radical (unpaired) electrons. The van der Waals surface area contributed by atoms with E-state index in [2.05, 4.69) is 31.7 Å². The van der Waals surface area contributed by atoms with Crippen LogP contribution in [0.15, 0.2) is 54.9 Å². The molecule has 1 atom stereocenters. The summed E-state index contributed by atoms with van der Waals surface area (Å²) in [6, 6.07) is 13.6. The van der Waals surface area contributed by atoms with Crippen molar-refractivity contribution in [3.8, 4) is 0 Å². The zero-order chi connectivity index (χ0) is 23.7. The van der Waals surface area contributed by atoms with Crippen LogP contribution in [0.1, 0.15) is 16.8 Å². The first-order chi connectivity index (χ1) is 16.4. The summed E-state index contributed by atoms with van der Waals surface area (Å²) >= 11 is 0. The minimum atomic E-state index is -0.978. The fraction of sp³-hybridized carbons (Fsp3) is 0.423. The highest BCUT2D eigenvalue weighted by Gasteiger charge is 2.38.